The molecular weight excluding hydrogens is 228 g/mol. The van der Waals surface area contributed by atoms with Gasteiger partial charge in [-0.05, 0) is 48.7 Å². The van der Waals surface area contributed by atoms with Crippen LogP contribution in [0.3, 0.4) is 0 Å². The first kappa shape index (κ1) is 10.8. The minimum absolute atomic E-state index is 0.0112. The van der Waals surface area contributed by atoms with E-state index >= 15 is 0 Å². The largest absolute Gasteiger partial charge is 0.466 e. The van der Waals surface area contributed by atoms with Gasteiger partial charge in [0, 0.05) is 5.56 Å². The summed E-state index contributed by atoms with van der Waals surface area (Å²) < 4.78 is 5.47. The molecule has 0 aliphatic rings. The van der Waals surface area contributed by atoms with E-state index in [1.54, 1.807) is 11.3 Å². The van der Waals surface area contributed by atoms with Gasteiger partial charge < -0.3 is 4.42 Å². The van der Waals surface area contributed by atoms with E-state index in [1.165, 1.54) is 5.56 Å². The van der Waals surface area contributed by atoms with Crippen molar-refractivity contribution in [2.24, 2.45) is 0 Å². The van der Waals surface area contributed by atoms with E-state index in [-0.39, 0.29) is 5.38 Å². The molecular formula is C12H13ClOS. The van der Waals surface area contributed by atoms with Gasteiger partial charge in [0.1, 0.15) is 11.5 Å². The lowest BCUT2D eigenvalue weighted by atomic mass is 10.1. The van der Waals surface area contributed by atoms with Crippen LogP contribution in [0.25, 0.3) is 0 Å². The lowest BCUT2D eigenvalue weighted by molar-refractivity contribution is 0.500. The summed E-state index contributed by atoms with van der Waals surface area (Å²) in [5.41, 5.74) is 2.40. The minimum Gasteiger partial charge on any atom is -0.466 e. The third-order valence-corrected chi connectivity index (χ3v) is 3.53. The van der Waals surface area contributed by atoms with Crippen molar-refractivity contribution < 1.29 is 4.42 Å². The smallest absolute Gasteiger partial charge is 0.105 e. The summed E-state index contributed by atoms with van der Waals surface area (Å²) in [6, 6.07) is 4.14. The third kappa shape index (κ3) is 2.44. The highest BCUT2D eigenvalue weighted by Crippen LogP contribution is 2.30. The number of rotatable bonds is 3. The molecule has 0 aromatic carbocycles. The van der Waals surface area contributed by atoms with Gasteiger partial charge in [0.2, 0.25) is 0 Å². The first-order chi connectivity index (χ1) is 7.16. The van der Waals surface area contributed by atoms with E-state index in [9.17, 15) is 0 Å². The Hall–Kier alpha value is -0.730. The molecule has 0 saturated carbocycles. The van der Waals surface area contributed by atoms with Crippen LogP contribution in [0.15, 0.2) is 27.3 Å². The Morgan fingerprint density at radius 1 is 1.47 bits per heavy atom. The van der Waals surface area contributed by atoms with E-state index < -0.39 is 0 Å². The highest BCUT2D eigenvalue weighted by molar-refractivity contribution is 7.07. The predicted molar refractivity (Wildman–Crippen MR) is 64.8 cm³/mol. The van der Waals surface area contributed by atoms with Gasteiger partial charge in [-0.1, -0.05) is 0 Å². The molecule has 0 radical (unpaired) electrons. The molecule has 0 N–H and O–H groups in total. The van der Waals surface area contributed by atoms with Crippen LogP contribution in [-0.4, -0.2) is 0 Å². The molecule has 0 bridgehead atoms. The molecule has 0 spiro atoms. The van der Waals surface area contributed by atoms with Crippen molar-refractivity contribution in [3.8, 4) is 0 Å². The molecule has 15 heavy (non-hydrogen) atoms. The minimum atomic E-state index is 0.0112. The lowest BCUT2D eigenvalue weighted by Crippen LogP contribution is -1.94. The summed E-state index contributed by atoms with van der Waals surface area (Å²) in [6.07, 6.45) is 0.866. The summed E-state index contributed by atoms with van der Waals surface area (Å²) in [5, 5.41) is 4.22. The predicted octanol–water partition coefficient (Wildman–Crippen LogP) is 4.48. The van der Waals surface area contributed by atoms with E-state index in [2.05, 4.69) is 16.8 Å². The maximum Gasteiger partial charge on any atom is 0.105 e. The van der Waals surface area contributed by atoms with Crippen LogP contribution in [-0.2, 0) is 6.42 Å². The second-order valence-corrected chi connectivity index (χ2v) is 4.98. The van der Waals surface area contributed by atoms with Crippen LogP contribution in [0, 0.1) is 13.8 Å². The number of thiophene rings is 1. The SMILES string of the molecule is Cc1cc(C(Cl)Cc2ccsc2)c(C)o1. The lowest BCUT2D eigenvalue weighted by Gasteiger charge is -2.06. The molecule has 1 nitrogen and oxygen atoms in total. The van der Waals surface area contributed by atoms with Crippen LogP contribution in [0.5, 0.6) is 0 Å². The van der Waals surface area contributed by atoms with Gasteiger partial charge in [0.05, 0.1) is 5.38 Å². The molecule has 0 saturated heterocycles. The van der Waals surface area contributed by atoms with Gasteiger partial charge in [-0.15, -0.1) is 11.6 Å². The third-order valence-electron chi connectivity index (χ3n) is 2.41. The molecule has 0 aliphatic carbocycles. The molecule has 2 aromatic rings. The van der Waals surface area contributed by atoms with Crippen LogP contribution in [0.2, 0.25) is 0 Å². The molecule has 1 atom stereocenters. The van der Waals surface area contributed by atoms with E-state index in [4.69, 9.17) is 16.0 Å². The summed E-state index contributed by atoms with van der Waals surface area (Å²) in [7, 11) is 0. The number of halogens is 1. The highest BCUT2D eigenvalue weighted by Gasteiger charge is 2.15. The highest BCUT2D eigenvalue weighted by atomic mass is 35.5. The zero-order valence-electron chi connectivity index (χ0n) is 8.79. The summed E-state index contributed by atoms with van der Waals surface area (Å²) in [5.74, 6) is 1.86. The molecule has 3 heteroatoms. The van der Waals surface area contributed by atoms with Crippen molar-refractivity contribution in [3.63, 3.8) is 0 Å². The van der Waals surface area contributed by atoms with Gasteiger partial charge in [-0.25, -0.2) is 0 Å². The number of furan rings is 1. The van der Waals surface area contributed by atoms with Crippen LogP contribution in [0.1, 0.15) is 28.0 Å². The average molecular weight is 241 g/mol. The second kappa shape index (κ2) is 4.42. The van der Waals surface area contributed by atoms with Gasteiger partial charge in [-0.2, -0.15) is 11.3 Å². The van der Waals surface area contributed by atoms with Crippen molar-refractivity contribution in [2.45, 2.75) is 25.6 Å². The van der Waals surface area contributed by atoms with Crippen LogP contribution < -0.4 is 0 Å². The van der Waals surface area contributed by atoms with Crippen molar-refractivity contribution >= 4 is 22.9 Å². The van der Waals surface area contributed by atoms with Crippen molar-refractivity contribution in [1.29, 1.82) is 0 Å². The van der Waals surface area contributed by atoms with Gasteiger partial charge in [0.25, 0.3) is 0 Å². The Morgan fingerprint density at radius 3 is 2.80 bits per heavy atom. The Labute approximate surface area is 98.7 Å². The molecule has 0 amide bonds. The Balaban J connectivity index is 2.14. The summed E-state index contributed by atoms with van der Waals surface area (Å²) >= 11 is 8.06. The molecule has 0 aliphatic heterocycles. The fourth-order valence-electron chi connectivity index (χ4n) is 1.69. The van der Waals surface area contributed by atoms with E-state index in [0.29, 0.717) is 0 Å². The van der Waals surface area contributed by atoms with Gasteiger partial charge >= 0.3 is 0 Å². The fraction of sp³-hybridized carbons (Fsp3) is 0.333. The summed E-state index contributed by atoms with van der Waals surface area (Å²) in [6.45, 7) is 3.91. The van der Waals surface area contributed by atoms with Gasteiger partial charge in [0.15, 0.2) is 0 Å². The second-order valence-electron chi connectivity index (χ2n) is 3.67. The molecule has 80 valence electrons. The Morgan fingerprint density at radius 2 is 2.27 bits per heavy atom. The standard InChI is InChI=1S/C12H13ClOS/c1-8-5-11(9(2)14-8)12(13)6-10-3-4-15-7-10/h3-5,7,12H,6H2,1-2H3. The average Bonchev–Trinajstić information content (AvgIpc) is 2.75. The first-order valence-electron chi connectivity index (χ1n) is 4.89. The number of aryl methyl sites for hydroxylation is 2. The number of hydrogen-bond donors (Lipinski definition) is 0. The molecule has 1 unspecified atom stereocenters. The monoisotopic (exact) mass is 240 g/mol. The van der Waals surface area contributed by atoms with Crippen LogP contribution >= 0.6 is 22.9 Å². The van der Waals surface area contributed by atoms with Crippen molar-refractivity contribution in [1.82, 2.24) is 0 Å². The quantitative estimate of drug-likeness (QED) is 0.721. The van der Waals surface area contributed by atoms with E-state index in [1.807, 2.05) is 19.9 Å². The number of hydrogen-bond acceptors (Lipinski definition) is 2. The molecule has 2 aromatic heterocycles. The zero-order valence-corrected chi connectivity index (χ0v) is 10.4. The maximum atomic E-state index is 6.36. The molecule has 0 fully saturated rings. The number of alkyl halides is 1. The van der Waals surface area contributed by atoms with Crippen LogP contribution in [0.4, 0.5) is 0 Å². The maximum absolute atomic E-state index is 6.36. The molecule has 2 heterocycles. The van der Waals surface area contributed by atoms with Crippen molar-refractivity contribution in [2.75, 3.05) is 0 Å². The van der Waals surface area contributed by atoms with E-state index in [0.717, 1.165) is 23.5 Å². The normalized spacial score (nSPS) is 13.0. The first-order valence-corrected chi connectivity index (χ1v) is 6.27. The zero-order chi connectivity index (χ0) is 10.8. The van der Waals surface area contributed by atoms with Gasteiger partial charge in [-0.3, -0.25) is 0 Å². The topological polar surface area (TPSA) is 13.1 Å². The Kier molecular flexibility index (Phi) is 3.17. The summed E-state index contributed by atoms with van der Waals surface area (Å²) in [4.78, 5) is 0. The fourth-order valence-corrected chi connectivity index (χ4v) is 2.76. The Bertz CT molecular complexity index is 430. The molecule has 2 rings (SSSR count). The van der Waals surface area contributed by atoms with Crippen molar-refractivity contribution in [3.05, 3.63) is 45.5 Å².